The van der Waals surface area contributed by atoms with Crippen molar-refractivity contribution in [2.75, 3.05) is 45.6 Å². The molecule has 1 aliphatic rings. The number of hydrogen-bond donors (Lipinski definition) is 3. The van der Waals surface area contributed by atoms with Crippen LogP contribution >= 0.6 is 0 Å². The van der Waals surface area contributed by atoms with Gasteiger partial charge in [0.15, 0.2) is 12.0 Å². The maximum atomic E-state index is 14.8. The standard InChI is InChI=1S/C30H35FN8O4/c1-19(40)29(42)39-12-10-26(24(31)17-39)43-25-9-6-21(15-22(25)16-32)28-34-18-35-30(37-28)36-23-7-4-20(5-8-23)14-27(41)38(3)13-11-33-2/h4-9,15,18-19,24,26,33,40H,10-14,17H2,1-3H3,(H,34,35,36,37)/t19-,24+,26-/m0/s1. The van der Waals surface area contributed by atoms with E-state index in [0.717, 1.165) is 17.8 Å². The van der Waals surface area contributed by atoms with Crippen molar-refractivity contribution in [2.45, 2.75) is 38.1 Å². The van der Waals surface area contributed by atoms with E-state index < -0.39 is 24.3 Å². The monoisotopic (exact) mass is 590 g/mol. The first kappa shape index (κ1) is 31.3. The Morgan fingerprint density at radius 2 is 2.02 bits per heavy atom. The average Bonchev–Trinajstić information content (AvgIpc) is 3.01. The van der Waals surface area contributed by atoms with Crippen LogP contribution in [0.2, 0.25) is 0 Å². The number of nitrogens with one attached hydrogen (secondary N) is 2. The number of amides is 2. The van der Waals surface area contributed by atoms with Crippen molar-refractivity contribution < 1.29 is 23.8 Å². The number of carbonyl (C=O) groups is 2. The third kappa shape index (κ3) is 8.21. The van der Waals surface area contributed by atoms with E-state index in [2.05, 4.69) is 31.7 Å². The Bertz CT molecular complexity index is 1460. The number of piperidine rings is 1. The molecule has 1 aliphatic heterocycles. The van der Waals surface area contributed by atoms with Gasteiger partial charge in [0, 0.05) is 44.4 Å². The van der Waals surface area contributed by atoms with Crippen molar-refractivity contribution in [3.05, 3.63) is 59.9 Å². The van der Waals surface area contributed by atoms with Crippen molar-refractivity contribution in [3.8, 4) is 23.2 Å². The molecule has 0 bridgehead atoms. The molecular formula is C30H35FN8O4. The summed E-state index contributed by atoms with van der Waals surface area (Å²) in [5.41, 5.74) is 2.33. The molecule has 0 aliphatic carbocycles. The molecule has 12 nitrogen and oxygen atoms in total. The number of alkyl halides is 1. The number of anilines is 2. The normalized spacial score (nSPS) is 17.1. The van der Waals surface area contributed by atoms with Gasteiger partial charge in [-0.1, -0.05) is 12.1 Å². The van der Waals surface area contributed by atoms with Crippen LogP contribution in [0.3, 0.4) is 0 Å². The third-order valence-electron chi connectivity index (χ3n) is 7.05. The number of likely N-dealkylation sites (tertiary alicyclic amines) is 1. The Labute approximate surface area is 249 Å². The number of halogens is 1. The summed E-state index contributed by atoms with van der Waals surface area (Å²) in [5, 5.41) is 25.4. The highest BCUT2D eigenvalue weighted by Crippen LogP contribution is 2.28. The number of aromatic nitrogens is 3. The van der Waals surface area contributed by atoms with Crippen molar-refractivity contribution in [3.63, 3.8) is 0 Å². The van der Waals surface area contributed by atoms with Gasteiger partial charge in [-0.2, -0.15) is 10.2 Å². The summed E-state index contributed by atoms with van der Waals surface area (Å²) in [6.45, 7) is 2.76. The van der Waals surface area contributed by atoms with Gasteiger partial charge in [0.2, 0.25) is 11.9 Å². The van der Waals surface area contributed by atoms with E-state index in [4.69, 9.17) is 4.74 Å². The number of aliphatic hydroxyl groups excluding tert-OH is 1. The van der Waals surface area contributed by atoms with Crippen molar-refractivity contribution in [2.24, 2.45) is 0 Å². The van der Waals surface area contributed by atoms with Gasteiger partial charge in [-0.05, 0) is 49.9 Å². The molecule has 3 N–H and O–H groups in total. The highest BCUT2D eigenvalue weighted by Gasteiger charge is 2.34. The fourth-order valence-electron chi connectivity index (χ4n) is 4.55. The van der Waals surface area contributed by atoms with E-state index in [1.54, 1.807) is 30.1 Å². The summed E-state index contributed by atoms with van der Waals surface area (Å²) in [6.07, 6.45) is -1.64. The average molecular weight is 591 g/mol. The number of nitriles is 1. The molecule has 1 saturated heterocycles. The Hall–Kier alpha value is -4.67. The van der Waals surface area contributed by atoms with Gasteiger partial charge < -0.3 is 30.3 Å². The fourth-order valence-corrected chi connectivity index (χ4v) is 4.55. The van der Waals surface area contributed by atoms with Gasteiger partial charge in [0.1, 0.15) is 30.4 Å². The van der Waals surface area contributed by atoms with Gasteiger partial charge in [-0.25, -0.2) is 14.4 Å². The Morgan fingerprint density at radius 3 is 2.70 bits per heavy atom. The Balaban J connectivity index is 1.40. The van der Waals surface area contributed by atoms with Crippen LogP contribution in [0.5, 0.6) is 5.75 Å². The molecule has 2 amide bonds. The van der Waals surface area contributed by atoms with Crippen molar-refractivity contribution in [1.82, 2.24) is 30.1 Å². The molecule has 0 spiro atoms. The molecule has 3 aromatic rings. The lowest BCUT2D eigenvalue weighted by Crippen LogP contribution is -2.51. The van der Waals surface area contributed by atoms with Crippen molar-refractivity contribution in [1.29, 1.82) is 5.26 Å². The second-order valence-electron chi connectivity index (χ2n) is 10.3. The van der Waals surface area contributed by atoms with Crippen LogP contribution in [0.1, 0.15) is 24.5 Å². The van der Waals surface area contributed by atoms with Crippen LogP contribution in [0.15, 0.2) is 48.8 Å². The molecule has 0 radical (unpaired) electrons. The molecule has 0 unspecified atom stereocenters. The van der Waals surface area contributed by atoms with Gasteiger partial charge >= 0.3 is 0 Å². The lowest BCUT2D eigenvalue weighted by molar-refractivity contribution is -0.143. The number of ether oxygens (including phenoxy) is 1. The van der Waals surface area contributed by atoms with E-state index in [0.29, 0.717) is 30.3 Å². The van der Waals surface area contributed by atoms with E-state index in [9.17, 15) is 24.3 Å². The lowest BCUT2D eigenvalue weighted by atomic mass is 10.0. The number of aliphatic hydroxyl groups is 1. The number of carbonyl (C=O) groups excluding carboxylic acids is 2. The van der Waals surface area contributed by atoms with Crippen LogP contribution in [0.25, 0.3) is 11.4 Å². The zero-order valence-corrected chi connectivity index (χ0v) is 24.3. The summed E-state index contributed by atoms with van der Waals surface area (Å²) >= 11 is 0. The summed E-state index contributed by atoms with van der Waals surface area (Å²) in [5.74, 6) is 0.333. The first-order valence-electron chi connectivity index (χ1n) is 13.9. The molecule has 1 aromatic heterocycles. The molecule has 43 heavy (non-hydrogen) atoms. The van der Waals surface area contributed by atoms with Crippen molar-refractivity contribution >= 4 is 23.5 Å². The first-order valence-corrected chi connectivity index (χ1v) is 13.9. The summed E-state index contributed by atoms with van der Waals surface area (Å²) in [4.78, 5) is 40.2. The van der Waals surface area contributed by atoms with Gasteiger partial charge in [-0.15, -0.1) is 0 Å². The SMILES string of the molecule is CNCCN(C)C(=O)Cc1ccc(Nc2ncnc(-c3ccc(O[C@H]4CCN(C(=O)[C@H](C)O)C[C@H]4F)c(C#N)c3)n2)cc1. The van der Waals surface area contributed by atoms with Crippen LogP contribution in [-0.4, -0.2) is 100 Å². The van der Waals surface area contributed by atoms with Crippen LogP contribution in [0.4, 0.5) is 16.0 Å². The smallest absolute Gasteiger partial charge is 0.251 e. The van der Waals surface area contributed by atoms with Crippen LogP contribution in [0, 0.1) is 11.3 Å². The van der Waals surface area contributed by atoms with E-state index in [-0.39, 0.29) is 36.7 Å². The fraction of sp³-hybridized carbons (Fsp3) is 0.400. The molecule has 1 fully saturated rings. The number of likely N-dealkylation sites (N-methyl/N-ethyl adjacent to an activating group) is 2. The molecule has 226 valence electrons. The third-order valence-corrected chi connectivity index (χ3v) is 7.05. The quantitative estimate of drug-likeness (QED) is 0.302. The van der Waals surface area contributed by atoms with E-state index in [1.807, 2.05) is 31.3 Å². The highest BCUT2D eigenvalue weighted by molar-refractivity contribution is 5.80. The molecule has 13 heteroatoms. The number of benzene rings is 2. The summed E-state index contributed by atoms with van der Waals surface area (Å²) in [6, 6.07) is 14.3. The largest absolute Gasteiger partial charge is 0.486 e. The maximum absolute atomic E-state index is 14.8. The minimum absolute atomic E-state index is 0.0327. The van der Waals surface area contributed by atoms with Crippen LogP contribution < -0.4 is 15.4 Å². The number of nitrogens with zero attached hydrogens (tertiary/aromatic N) is 6. The minimum Gasteiger partial charge on any atom is -0.486 e. The van der Waals surface area contributed by atoms with Gasteiger partial charge in [0.25, 0.3) is 5.91 Å². The molecule has 2 aromatic carbocycles. The lowest BCUT2D eigenvalue weighted by Gasteiger charge is -2.35. The maximum Gasteiger partial charge on any atom is 0.251 e. The molecule has 3 atom stereocenters. The summed E-state index contributed by atoms with van der Waals surface area (Å²) < 4.78 is 20.7. The van der Waals surface area contributed by atoms with Gasteiger partial charge in [0.05, 0.1) is 18.5 Å². The van der Waals surface area contributed by atoms with E-state index in [1.165, 1.54) is 18.2 Å². The number of rotatable bonds is 11. The molecular weight excluding hydrogens is 555 g/mol. The minimum atomic E-state index is -1.47. The first-order chi connectivity index (χ1) is 20.7. The van der Waals surface area contributed by atoms with E-state index >= 15 is 0 Å². The summed E-state index contributed by atoms with van der Waals surface area (Å²) in [7, 11) is 3.62. The zero-order valence-electron chi connectivity index (χ0n) is 24.3. The molecule has 2 heterocycles. The predicted molar refractivity (Wildman–Crippen MR) is 157 cm³/mol. The van der Waals surface area contributed by atoms with Crippen LogP contribution in [-0.2, 0) is 16.0 Å². The molecule has 0 saturated carbocycles. The highest BCUT2D eigenvalue weighted by atomic mass is 19.1. The second kappa shape index (κ2) is 14.5. The Kier molecular flexibility index (Phi) is 10.5. The second-order valence-corrected chi connectivity index (χ2v) is 10.3. The Morgan fingerprint density at radius 1 is 1.26 bits per heavy atom. The zero-order chi connectivity index (χ0) is 30.9. The predicted octanol–water partition coefficient (Wildman–Crippen LogP) is 2.07. The number of hydrogen-bond acceptors (Lipinski definition) is 10. The molecule has 4 rings (SSSR count). The topological polar surface area (TPSA) is 157 Å². The van der Waals surface area contributed by atoms with Gasteiger partial charge in [-0.3, -0.25) is 9.59 Å².